The second kappa shape index (κ2) is 8.35. The third kappa shape index (κ3) is 4.06. The van der Waals surface area contributed by atoms with Crippen molar-refractivity contribution in [3.63, 3.8) is 0 Å². The lowest BCUT2D eigenvalue weighted by atomic mass is 10.2. The number of ether oxygens (including phenoxy) is 1. The van der Waals surface area contributed by atoms with Gasteiger partial charge in [-0.05, 0) is 48.5 Å². The number of carbonyl (C=O) groups is 1. The standard InChI is InChI=1S/C24H18FN5O2/c25-21-5-1-2-6-22(21)30-14-17(13-26-30)24(31)28-18-8-10-20(11-9-18)32-16-19-15-29-12-4-3-7-23(29)27-19/h1-15H,16H2,(H,28,31). The van der Waals surface area contributed by atoms with Gasteiger partial charge in [-0.3, -0.25) is 4.79 Å². The van der Waals surface area contributed by atoms with E-state index in [1.807, 2.05) is 35.0 Å². The average Bonchev–Trinajstić information content (AvgIpc) is 3.46. The molecule has 3 heterocycles. The molecular formula is C24H18FN5O2. The molecule has 0 spiro atoms. The van der Waals surface area contributed by atoms with E-state index in [1.54, 1.807) is 42.5 Å². The number of hydrogen-bond donors (Lipinski definition) is 1. The van der Waals surface area contributed by atoms with Crippen LogP contribution in [0, 0.1) is 5.82 Å². The average molecular weight is 427 g/mol. The summed E-state index contributed by atoms with van der Waals surface area (Å²) in [7, 11) is 0. The van der Waals surface area contributed by atoms with Gasteiger partial charge < -0.3 is 14.5 Å². The van der Waals surface area contributed by atoms with Crippen LogP contribution in [0.1, 0.15) is 16.1 Å². The Bertz CT molecular complexity index is 1360. The first-order valence-electron chi connectivity index (χ1n) is 9.92. The first kappa shape index (κ1) is 19.5. The van der Waals surface area contributed by atoms with Gasteiger partial charge in [-0.15, -0.1) is 0 Å². The summed E-state index contributed by atoms with van der Waals surface area (Å²) in [6, 6.07) is 19.1. The number of fused-ring (bicyclic) bond motifs is 1. The van der Waals surface area contributed by atoms with Gasteiger partial charge in [-0.2, -0.15) is 5.10 Å². The molecule has 7 nitrogen and oxygen atoms in total. The van der Waals surface area contributed by atoms with E-state index in [-0.39, 0.29) is 11.6 Å². The summed E-state index contributed by atoms with van der Waals surface area (Å²) < 4.78 is 23.0. The first-order valence-corrected chi connectivity index (χ1v) is 9.92. The number of hydrogen-bond acceptors (Lipinski definition) is 4. The summed E-state index contributed by atoms with van der Waals surface area (Å²) in [6.45, 7) is 0.336. The summed E-state index contributed by atoms with van der Waals surface area (Å²) in [5.74, 6) is -0.0971. The number of nitrogens with zero attached hydrogens (tertiary/aromatic N) is 4. The summed E-state index contributed by atoms with van der Waals surface area (Å²) in [5, 5.41) is 6.88. The van der Waals surface area contributed by atoms with Crippen molar-refractivity contribution in [3.05, 3.63) is 109 Å². The van der Waals surface area contributed by atoms with Crippen LogP contribution < -0.4 is 10.1 Å². The van der Waals surface area contributed by atoms with Gasteiger partial charge in [-0.25, -0.2) is 14.1 Å². The maximum Gasteiger partial charge on any atom is 0.258 e. The van der Waals surface area contributed by atoms with Gasteiger partial charge in [0.05, 0.1) is 17.5 Å². The Labute approximate surface area is 182 Å². The Balaban J connectivity index is 1.21. The number of anilines is 1. The number of pyridine rings is 1. The Morgan fingerprint density at radius 3 is 2.62 bits per heavy atom. The highest BCUT2D eigenvalue weighted by Crippen LogP contribution is 2.19. The minimum Gasteiger partial charge on any atom is -0.487 e. The number of benzene rings is 2. The van der Waals surface area contributed by atoms with E-state index in [9.17, 15) is 9.18 Å². The predicted molar refractivity (Wildman–Crippen MR) is 117 cm³/mol. The number of rotatable bonds is 6. The normalized spacial score (nSPS) is 10.9. The van der Waals surface area contributed by atoms with E-state index in [0.717, 1.165) is 11.3 Å². The summed E-state index contributed by atoms with van der Waals surface area (Å²) in [6.07, 6.45) is 6.74. The fourth-order valence-electron chi connectivity index (χ4n) is 3.26. The van der Waals surface area contributed by atoms with Crippen molar-refractivity contribution in [1.29, 1.82) is 0 Å². The van der Waals surface area contributed by atoms with Crippen LogP contribution in [-0.4, -0.2) is 25.1 Å². The van der Waals surface area contributed by atoms with Crippen molar-refractivity contribution in [2.24, 2.45) is 0 Å². The highest BCUT2D eigenvalue weighted by Gasteiger charge is 2.12. The number of amides is 1. The number of halogens is 1. The zero-order chi connectivity index (χ0) is 21.9. The second-order valence-electron chi connectivity index (χ2n) is 7.09. The summed E-state index contributed by atoms with van der Waals surface area (Å²) in [5.41, 5.74) is 2.88. The Kier molecular flexibility index (Phi) is 5.09. The predicted octanol–water partition coefficient (Wildman–Crippen LogP) is 4.49. The van der Waals surface area contributed by atoms with Gasteiger partial charge in [0.15, 0.2) is 0 Å². The van der Waals surface area contributed by atoms with Gasteiger partial charge in [0.1, 0.15) is 29.5 Å². The smallest absolute Gasteiger partial charge is 0.258 e. The van der Waals surface area contributed by atoms with Gasteiger partial charge in [-0.1, -0.05) is 18.2 Å². The zero-order valence-electron chi connectivity index (χ0n) is 16.9. The Hall–Kier alpha value is -4.46. The molecule has 1 N–H and O–H groups in total. The number of imidazole rings is 1. The molecule has 0 unspecified atom stereocenters. The van der Waals surface area contributed by atoms with Crippen LogP contribution in [0.5, 0.6) is 5.75 Å². The van der Waals surface area contributed by atoms with Crippen LogP contribution in [0.2, 0.25) is 0 Å². The van der Waals surface area contributed by atoms with Crippen LogP contribution in [0.25, 0.3) is 11.3 Å². The van der Waals surface area contributed by atoms with Crippen LogP contribution in [-0.2, 0) is 6.61 Å². The van der Waals surface area contributed by atoms with Gasteiger partial charge in [0.2, 0.25) is 0 Å². The van der Waals surface area contributed by atoms with Crippen molar-refractivity contribution < 1.29 is 13.9 Å². The molecule has 0 radical (unpaired) electrons. The van der Waals surface area contributed by atoms with Crippen LogP contribution in [0.4, 0.5) is 10.1 Å². The van der Waals surface area contributed by atoms with Gasteiger partial charge in [0, 0.05) is 24.3 Å². The molecule has 0 fully saturated rings. The molecule has 0 bridgehead atoms. The van der Waals surface area contributed by atoms with E-state index >= 15 is 0 Å². The number of nitrogens with one attached hydrogen (secondary N) is 1. The van der Waals surface area contributed by atoms with Crippen LogP contribution in [0.3, 0.4) is 0 Å². The highest BCUT2D eigenvalue weighted by molar-refractivity contribution is 6.04. The molecular weight excluding hydrogens is 409 g/mol. The molecule has 0 atom stereocenters. The quantitative estimate of drug-likeness (QED) is 0.433. The third-order valence-electron chi connectivity index (χ3n) is 4.86. The molecule has 0 aliphatic heterocycles. The number of para-hydroxylation sites is 1. The lowest BCUT2D eigenvalue weighted by molar-refractivity contribution is 0.102. The van der Waals surface area contributed by atoms with E-state index in [1.165, 1.54) is 23.1 Å². The highest BCUT2D eigenvalue weighted by atomic mass is 19.1. The van der Waals surface area contributed by atoms with Crippen molar-refractivity contribution in [1.82, 2.24) is 19.2 Å². The molecule has 5 rings (SSSR count). The van der Waals surface area contributed by atoms with E-state index in [2.05, 4.69) is 15.4 Å². The molecule has 0 aliphatic rings. The maximum atomic E-state index is 13.9. The molecule has 1 amide bonds. The summed E-state index contributed by atoms with van der Waals surface area (Å²) in [4.78, 5) is 17.0. The lowest BCUT2D eigenvalue weighted by Gasteiger charge is -2.07. The zero-order valence-corrected chi connectivity index (χ0v) is 16.9. The lowest BCUT2D eigenvalue weighted by Crippen LogP contribution is -2.11. The second-order valence-corrected chi connectivity index (χ2v) is 7.09. The monoisotopic (exact) mass is 427 g/mol. The molecule has 0 saturated heterocycles. The Morgan fingerprint density at radius 1 is 1.00 bits per heavy atom. The molecule has 32 heavy (non-hydrogen) atoms. The molecule has 2 aromatic carbocycles. The SMILES string of the molecule is O=C(Nc1ccc(OCc2cn3ccccc3n2)cc1)c1cnn(-c2ccccc2F)c1. The van der Waals surface area contributed by atoms with E-state index in [4.69, 9.17) is 4.74 Å². The van der Waals surface area contributed by atoms with E-state index in [0.29, 0.717) is 23.6 Å². The van der Waals surface area contributed by atoms with Gasteiger partial charge >= 0.3 is 0 Å². The van der Waals surface area contributed by atoms with Crippen molar-refractivity contribution in [2.75, 3.05) is 5.32 Å². The number of carbonyl (C=O) groups excluding carboxylic acids is 1. The topological polar surface area (TPSA) is 73.4 Å². The molecule has 8 heteroatoms. The molecule has 0 saturated carbocycles. The Morgan fingerprint density at radius 2 is 1.81 bits per heavy atom. The van der Waals surface area contributed by atoms with Crippen molar-refractivity contribution >= 4 is 17.2 Å². The number of aromatic nitrogens is 4. The van der Waals surface area contributed by atoms with Gasteiger partial charge in [0.25, 0.3) is 5.91 Å². The molecule has 5 aromatic rings. The van der Waals surface area contributed by atoms with E-state index < -0.39 is 5.82 Å². The molecule has 0 aliphatic carbocycles. The first-order chi connectivity index (χ1) is 15.7. The maximum absolute atomic E-state index is 13.9. The largest absolute Gasteiger partial charge is 0.487 e. The molecule has 3 aromatic heterocycles. The van der Waals surface area contributed by atoms with Crippen molar-refractivity contribution in [2.45, 2.75) is 6.61 Å². The third-order valence-corrected chi connectivity index (χ3v) is 4.86. The fraction of sp³-hybridized carbons (Fsp3) is 0.0417. The minimum absolute atomic E-state index is 0.277. The summed E-state index contributed by atoms with van der Waals surface area (Å²) >= 11 is 0. The van der Waals surface area contributed by atoms with Crippen LogP contribution in [0.15, 0.2) is 91.5 Å². The van der Waals surface area contributed by atoms with Crippen LogP contribution >= 0.6 is 0 Å². The van der Waals surface area contributed by atoms with Crippen molar-refractivity contribution in [3.8, 4) is 11.4 Å². The molecule has 158 valence electrons. The minimum atomic E-state index is -0.415. The fourth-order valence-corrected chi connectivity index (χ4v) is 3.26.